The third-order valence-electron chi connectivity index (χ3n) is 2.90. The fourth-order valence-corrected chi connectivity index (χ4v) is 2.11. The highest BCUT2D eigenvalue weighted by atomic mass is 32.2. The van der Waals surface area contributed by atoms with Crippen molar-refractivity contribution >= 4 is 23.0 Å². The number of carbonyl (C=O) groups excluding carboxylic acids is 2. The molecule has 1 aromatic carbocycles. The van der Waals surface area contributed by atoms with Crippen molar-refractivity contribution in [3.8, 4) is 11.8 Å². The Hall–Kier alpha value is -3.02. The molecule has 0 aliphatic heterocycles. The first-order valence-electron chi connectivity index (χ1n) is 7.09. The van der Waals surface area contributed by atoms with Gasteiger partial charge in [-0.3, -0.25) is 14.0 Å². The smallest absolute Gasteiger partial charge is 0.384 e. The van der Waals surface area contributed by atoms with Gasteiger partial charge >= 0.3 is 5.97 Å². The Morgan fingerprint density at radius 3 is 2.72 bits per heavy atom. The van der Waals surface area contributed by atoms with Crippen LogP contribution >= 0.6 is 0 Å². The van der Waals surface area contributed by atoms with E-state index in [1.54, 1.807) is 0 Å². The lowest BCUT2D eigenvalue weighted by Crippen LogP contribution is -2.24. The number of amides is 1. The summed E-state index contributed by atoms with van der Waals surface area (Å²) in [6.07, 6.45) is 1.21. The number of hydrogen-bond acceptors (Lipinski definition) is 6. The second kappa shape index (κ2) is 9.32. The van der Waals surface area contributed by atoms with Gasteiger partial charge in [-0.25, -0.2) is 4.79 Å². The van der Waals surface area contributed by atoms with Crippen molar-refractivity contribution in [2.75, 3.05) is 6.54 Å². The summed E-state index contributed by atoms with van der Waals surface area (Å²) in [7, 11) is 0. The van der Waals surface area contributed by atoms with Crippen molar-refractivity contribution in [1.29, 1.82) is 0 Å². The number of rotatable bonds is 5. The highest BCUT2D eigenvalue weighted by Gasteiger charge is 2.07. The zero-order chi connectivity index (χ0) is 18.1. The predicted molar refractivity (Wildman–Crippen MR) is 87.8 cm³/mol. The molecule has 0 saturated carbocycles. The summed E-state index contributed by atoms with van der Waals surface area (Å²) in [4.78, 5) is 27.0. The number of nitrogens with zero attached hydrogens (tertiary/aromatic N) is 1. The van der Waals surface area contributed by atoms with Gasteiger partial charge < -0.3 is 14.6 Å². The van der Waals surface area contributed by atoms with Crippen LogP contribution in [0.5, 0.6) is 0 Å². The molecule has 1 atom stereocenters. The second-order valence-electron chi connectivity index (χ2n) is 4.66. The fourth-order valence-electron chi connectivity index (χ4n) is 1.73. The van der Waals surface area contributed by atoms with Gasteiger partial charge in [0.25, 0.3) is 5.91 Å². The van der Waals surface area contributed by atoms with Gasteiger partial charge in [-0.05, 0) is 28.8 Å². The van der Waals surface area contributed by atoms with Crippen molar-refractivity contribution in [1.82, 2.24) is 10.3 Å². The van der Waals surface area contributed by atoms with Crippen molar-refractivity contribution < 1.29 is 23.1 Å². The van der Waals surface area contributed by atoms with Crippen molar-refractivity contribution in [2.45, 2.75) is 11.5 Å². The third kappa shape index (κ3) is 6.18. The topological polar surface area (TPSA) is 108 Å². The van der Waals surface area contributed by atoms with E-state index in [1.807, 2.05) is 30.3 Å². The number of esters is 1. The second-order valence-corrected chi connectivity index (χ2v) is 5.60. The van der Waals surface area contributed by atoms with Gasteiger partial charge in [-0.2, -0.15) is 0 Å². The zero-order valence-corrected chi connectivity index (χ0v) is 13.7. The quantitative estimate of drug-likeness (QED) is 0.367. The number of hydrogen-bond donors (Lipinski definition) is 1. The minimum atomic E-state index is -2.45. The summed E-state index contributed by atoms with van der Waals surface area (Å²) < 4.78 is 26.6. The lowest BCUT2D eigenvalue weighted by molar-refractivity contribution is -0.137. The third-order valence-corrected chi connectivity index (χ3v) is 3.54. The molecule has 0 spiro atoms. The van der Waals surface area contributed by atoms with E-state index in [0.29, 0.717) is 0 Å². The maximum atomic E-state index is 11.8. The molecule has 0 bridgehead atoms. The zero-order valence-electron chi connectivity index (χ0n) is 12.9. The first-order chi connectivity index (χ1) is 12.1. The molecular formula is C17H13N2O5S-. The summed E-state index contributed by atoms with van der Waals surface area (Å²) in [5.74, 6) is 3.39. The van der Waals surface area contributed by atoms with E-state index < -0.39 is 23.0 Å². The molecule has 0 aliphatic rings. The van der Waals surface area contributed by atoms with Crippen LogP contribution in [0.4, 0.5) is 0 Å². The average Bonchev–Trinajstić information content (AvgIpc) is 2.64. The fraction of sp³-hybridized carbons (Fsp3) is 0.118. The molecule has 0 fully saturated rings. The van der Waals surface area contributed by atoms with Crippen LogP contribution in [0.2, 0.25) is 0 Å². The van der Waals surface area contributed by atoms with Gasteiger partial charge in [-0.15, -0.1) is 0 Å². The number of pyridine rings is 1. The Morgan fingerprint density at radius 2 is 2.00 bits per heavy atom. The van der Waals surface area contributed by atoms with Gasteiger partial charge in [0.2, 0.25) is 0 Å². The molecular weight excluding hydrogens is 344 g/mol. The summed E-state index contributed by atoms with van der Waals surface area (Å²) in [5.41, 5.74) is 0.780. The first kappa shape index (κ1) is 18.3. The highest BCUT2D eigenvalue weighted by molar-refractivity contribution is 7.79. The maximum absolute atomic E-state index is 11.8. The van der Waals surface area contributed by atoms with Gasteiger partial charge in [0, 0.05) is 17.0 Å². The van der Waals surface area contributed by atoms with Crippen LogP contribution < -0.4 is 5.32 Å². The number of aromatic nitrogens is 1. The van der Waals surface area contributed by atoms with Crippen molar-refractivity contribution in [3.63, 3.8) is 0 Å². The molecule has 1 N–H and O–H groups in total. The molecule has 2 aromatic rings. The Bertz CT molecular complexity index is 843. The number of ether oxygens (including phenoxy) is 1. The van der Waals surface area contributed by atoms with E-state index in [2.05, 4.69) is 22.1 Å². The summed E-state index contributed by atoms with van der Waals surface area (Å²) in [6.45, 7) is 0.00933. The van der Waals surface area contributed by atoms with E-state index in [1.165, 1.54) is 12.3 Å². The van der Waals surface area contributed by atoms with Crippen LogP contribution in [-0.4, -0.2) is 32.2 Å². The van der Waals surface area contributed by atoms with E-state index in [4.69, 9.17) is 4.74 Å². The average molecular weight is 357 g/mol. The van der Waals surface area contributed by atoms with Gasteiger partial charge in [-0.1, -0.05) is 36.3 Å². The maximum Gasteiger partial charge on any atom is 0.384 e. The number of carbonyl (C=O) groups is 2. The minimum Gasteiger partial charge on any atom is -0.768 e. The molecule has 2 rings (SSSR count). The van der Waals surface area contributed by atoms with Gasteiger partial charge in [0.1, 0.15) is 12.3 Å². The molecule has 7 nitrogen and oxygen atoms in total. The van der Waals surface area contributed by atoms with Gasteiger partial charge in [0.15, 0.2) is 0 Å². The Balaban J connectivity index is 1.79. The molecule has 0 radical (unpaired) electrons. The standard InChI is InChI=1S/C17H14N2O5S/c20-16(24-12-13-5-2-1-3-6-13)7-4-9-19-17(21)15-11-14(25(22)23)8-10-18-15/h1-3,5-6,8,10-11H,9,12H2,(H,19,21)(H,22,23)/p-1. The van der Waals surface area contributed by atoms with Crippen LogP contribution in [0, 0.1) is 11.8 Å². The molecule has 8 heteroatoms. The lowest BCUT2D eigenvalue weighted by Gasteiger charge is -2.06. The normalized spacial score (nSPS) is 10.9. The SMILES string of the molecule is O=C(C#CCNC(=O)c1cc(S(=O)[O-])ccn1)OCc1ccccc1. The van der Waals surface area contributed by atoms with Gasteiger partial charge in [0.05, 0.1) is 6.54 Å². The number of nitrogens with one attached hydrogen (secondary N) is 1. The van der Waals surface area contributed by atoms with Crippen molar-refractivity contribution in [2.24, 2.45) is 0 Å². The Labute approximate surface area is 146 Å². The molecule has 1 aromatic heterocycles. The number of benzene rings is 1. The lowest BCUT2D eigenvalue weighted by atomic mass is 10.2. The molecule has 1 amide bonds. The molecule has 0 aliphatic carbocycles. The first-order valence-corrected chi connectivity index (χ1v) is 8.17. The Kier molecular flexibility index (Phi) is 6.83. The minimum absolute atomic E-state index is 0.0456. The van der Waals surface area contributed by atoms with Crippen LogP contribution in [-0.2, 0) is 27.2 Å². The van der Waals surface area contributed by atoms with Crippen LogP contribution in [0.1, 0.15) is 16.1 Å². The largest absolute Gasteiger partial charge is 0.768 e. The van der Waals surface area contributed by atoms with Crippen LogP contribution in [0.15, 0.2) is 53.6 Å². The molecule has 25 heavy (non-hydrogen) atoms. The molecule has 1 heterocycles. The van der Waals surface area contributed by atoms with Crippen LogP contribution in [0.3, 0.4) is 0 Å². The van der Waals surface area contributed by atoms with E-state index in [9.17, 15) is 18.4 Å². The van der Waals surface area contributed by atoms with E-state index in [0.717, 1.165) is 11.6 Å². The predicted octanol–water partition coefficient (Wildman–Crippen LogP) is 0.796. The van der Waals surface area contributed by atoms with E-state index in [-0.39, 0.29) is 23.7 Å². The van der Waals surface area contributed by atoms with Crippen LogP contribution in [0.25, 0.3) is 0 Å². The molecule has 128 valence electrons. The summed E-state index contributed by atoms with van der Waals surface area (Å²) in [6, 6.07) is 11.6. The molecule has 0 saturated heterocycles. The molecule has 1 unspecified atom stereocenters. The summed E-state index contributed by atoms with van der Waals surface area (Å²) >= 11 is -2.45. The monoisotopic (exact) mass is 357 g/mol. The van der Waals surface area contributed by atoms with Crippen molar-refractivity contribution in [3.05, 3.63) is 59.9 Å². The Morgan fingerprint density at radius 1 is 1.24 bits per heavy atom. The summed E-state index contributed by atoms with van der Waals surface area (Å²) in [5, 5.41) is 2.41. The van der Waals surface area contributed by atoms with E-state index >= 15 is 0 Å². The highest BCUT2D eigenvalue weighted by Crippen LogP contribution is 2.05.